The molecule has 0 unspecified atom stereocenters. The number of hydrogen-bond donors (Lipinski definition) is 2. The summed E-state index contributed by atoms with van der Waals surface area (Å²) in [7, 11) is 0. The number of rotatable bonds is 8. The first-order valence-electron chi connectivity index (χ1n) is 7.22. The molecular weight excluding hydrogens is 282 g/mol. The molecule has 0 aliphatic heterocycles. The zero-order valence-corrected chi connectivity index (χ0v) is 12.5. The molecule has 22 heavy (non-hydrogen) atoms. The average Bonchev–Trinajstić information content (AvgIpc) is 2.53. The fraction of sp³-hybridized carbons (Fsp3) is 0.333. The van der Waals surface area contributed by atoms with Crippen molar-refractivity contribution in [1.82, 2.24) is 15.2 Å². The van der Waals surface area contributed by atoms with Crippen molar-refractivity contribution in [2.45, 2.75) is 26.2 Å². The first kappa shape index (κ1) is 15.7. The van der Waals surface area contributed by atoms with Crippen LogP contribution in [0.15, 0.2) is 40.4 Å². The highest BCUT2D eigenvalue weighted by atomic mass is 16.5. The lowest BCUT2D eigenvalue weighted by molar-refractivity contribution is 0.306. The van der Waals surface area contributed by atoms with E-state index in [4.69, 9.17) is 4.74 Å². The zero-order valence-electron chi connectivity index (χ0n) is 12.5. The van der Waals surface area contributed by atoms with Crippen molar-refractivity contribution in [3.63, 3.8) is 0 Å². The van der Waals surface area contributed by atoms with Crippen molar-refractivity contribution in [1.29, 1.82) is 0 Å². The largest absolute Gasteiger partial charge is 0.494 e. The highest BCUT2D eigenvalue weighted by Crippen LogP contribution is 2.12. The van der Waals surface area contributed by atoms with Gasteiger partial charge in [-0.25, -0.2) is 5.43 Å². The number of aromatic nitrogens is 3. The maximum Gasteiger partial charge on any atom is 0.271 e. The molecule has 0 spiro atoms. The minimum absolute atomic E-state index is 0.194. The second-order valence-corrected chi connectivity index (χ2v) is 4.68. The summed E-state index contributed by atoms with van der Waals surface area (Å²) in [6, 6.07) is 7.61. The summed E-state index contributed by atoms with van der Waals surface area (Å²) < 4.78 is 5.63. The minimum atomic E-state index is -0.336. The van der Waals surface area contributed by atoms with E-state index in [9.17, 15) is 4.79 Å². The van der Waals surface area contributed by atoms with Gasteiger partial charge in [0.1, 0.15) is 11.9 Å². The minimum Gasteiger partial charge on any atom is -0.494 e. The first-order valence-corrected chi connectivity index (χ1v) is 7.22. The Morgan fingerprint density at radius 3 is 2.86 bits per heavy atom. The van der Waals surface area contributed by atoms with Crippen LogP contribution in [0.1, 0.15) is 31.7 Å². The van der Waals surface area contributed by atoms with Crippen molar-refractivity contribution >= 4 is 12.2 Å². The lowest BCUT2D eigenvalue weighted by Crippen LogP contribution is -2.10. The molecule has 1 aromatic carbocycles. The first-order chi connectivity index (χ1) is 10.8. The fourth-order valence-corrected chi connectivity index (χ4v) is 1.72. The third-order valence-electron chi connectivity index (χ3n) is 2.86. The van der Waals surface area contributed by atoms with Gasteiger partial charge in [-0.15, -0.1) is 10.2 Å². The molecule has 1 aromatic heterocycles. The van der Waals surface area contributed by atoms with Gasteiger partial charge in [-0.05, 0) is 36.2 Å². The van der Waals surface area contributed by atoms with Crippen LogP contribution in [0.4, 0.5) is 5.95 Å². The van der Waals surface area contributed by atoms with E-state index in [2.05, 4.69) is 32.6 Å². The molecule has 7 nitrogen and oxygen atoms in total. The molecule has 2 aromatic rings. The Labute approximate surface area is 128 Å². The molecule has 0 radical (unpaired) electrons. The molecule has 0 bridgehead atoms. The Morgan fingerprint density at radius 2 is 2.14 bits per heavy atom. The van der Waals surface area contributed by atoms with Gasteiger partial charge in [0.25, 0.3) is 5.56 Å². The van der Waals surface area contributed by atoms with Gasteiger partial charge in [0, 0.05) is 0 Å². The Balaban J connectivity index is 1.83. The van der Waals surface area contributed by atoms with Gasteiger partial charge < -0.3 is 4.74 Å². The van der Waals surface area contributed by atoms with Crippen LogP contribution >= 0.6 is 0 Å². The number of benzene rings is 1. The lowest BCUT2D eigenvalue weighted by atomic mass is 10.2. The predicted molar refractivity (Wildman–Crippen MR) is 85.3 cm³/mol. The van der Waals surface area contributed by atoms with E-state index in [-0.39, 0.29) is 11.5 Å². The SMILES string of the molecule is CCCCCOc1ccc(/C=N/Nc2nncc(=O)[nH]2)cc1. The number of nitrogens with zero attached hydrogens (tertiary/aromatic N) is 3. The summed E-state index contributed by atoms with van der Waals surface area (Å²) in [6.07, 6.45) is 6.14. The smallest absolute Gasteiger partial charge is 0.271 e. The Kier molecular flexibility index (Phi) is 6.10. The number of ether oxygens (including phenoxy) is 1. The van der Waals surface area contributed by atoms with E-state index >= 15 is 0 Å². The van der Waals surface area contributed by atoms with Gasteiger partial charge in [0.05, 0.1) is 12.8 Å². The number of aromatic amines is 1. The van der Waals surface area contributed by atoms with Gasteiger partial charge in [0.15, 0.2) is 0 Å². The van der Waals surface area contributed by atoms with E-state index in [0.717, 1.165) is 30.5 Å². The van der Waals surface area contributed by atoms with Crippen LogP contribution in [0, 0.1) is 0 Å². The van der Waals surface area contributed by atoms with Crippen molar-refractivity contribution in [2.24, 2.45) is 5.10 Å². The van der Waals surface area contributed by atoms with Crippen LogP contribution in [0.25, 0.3) is 0 Å². The summed E-state index contributed by atoms with van der Waals surface area (Å²) in [5, 5.41) is 11.2. The molecule has 0 fully saturated rings. The van der Waals surface area contributed by atoms with Gasteiger partial charge in [-0.2, -0.15) is 5.10 Å². The molecule has 116 valence electrons. The molecule has 1 heterocycles. The molecule has 7 heteroatoms. The fourth-order valence-electron chi connectivity index (χ4n) is 1.72. The molecule has 2 N–H and O–H groups in total. The van der Waals surface area contributed by atoms with Gasteiger partial charge in [0.2, 0.25) is 5.95 Å². The molecule has 0 amide bonds. The monoisotopic (exact) mass is 301 g/mol. The predicted octanol–water partition coefficient (Wildman–Crippen LogP) is 2.18. The third-order valence-corrected chi connectivity index (χ3v) is 2.86. The quantitative estimate of drug-likeness (QED) is 0.443. The van der Waals surface area contributed by atoms with Crippen LogP contribution in [-0.4, -0.2) is 28.0 Å². The van der Waals surface area contributed by atoms with Crippen LogP contribution in [0.5, 0.6) is 5.75 Å². The van der Waals surface area contributed by atoms with E-state index in [1.54, 1.807) is 6.21 Å². The number of anilines is 1. The lowest BCUT2D eigenvalue weighted by Gasteiger charge is -2.05. The van der Waals surface area contributed by atoms with Crippen LogP contribution in [0.3, 0.4) is 0 Å². The van der Waals surface area contributed by atoms with E-state index in [1.165, 1.54) is 12.8 Å². The van der Waals surface area contributed by atoms with Gasteiger partial charge in [-0.1, -0.05) is 19.8 Å². The standard InChI is InChI=1S/C15H19N5O2/c1-2-3-4-9-22-13-7-5-12(6-8-13)10-16-19-15-18-14(21)11-17-20-15/h5-8,10-11H,2-4,9H2,1H3,(H2,18,19,20,21)/b16-10+. The van der Waals surface area contributed by atoms with Crippen LogP contribution in [-0.2, 0) is 0 Å². The van der Waals surface area contributed by atoms with E-state index in [1.807, 2.05) is 24.3 Å². The van der Waals surface area contributed by atoms with Crippen LogP contribution in [0.2, 0.25) is 0 Å². The van der Waals surface area contributed by atoms with E-state index in [0.29, 0.717) is 0 Å². The van der Waals surface area contributed by atoms with Crippen LogP contribution < -0.4 is 15.7 Å². The van der Waals surface area contributed by atoms with Crippen molar-refractivity contribution in [2.75, 3.05) is 12.0 Å². The molecule has 0 saturated heterocycles. The summed E-state index contributed by atoms with van der Waals surface area (Å²) in [6.45, 7) is 2.90. The number of hydrogen-bond acceptors (Lipinski definition) is 6. The normalized spacial score (nSPS) is 10.8. The second-order valence-electron chi connectivity index (χ2n) is 4.68. The van der Waals surface area contributed by atoms with Crippen molar-refractivity contribution in [3.05, 3.63) is 46.4 Å². The van der Waals surface area contributed by atoms with Crippen molar-refractivity contribution in [3.8, 4) is 5.75 Å². The highest BCUT2D eigenvalue weighted by molar-refractivity contribution is 5.80. The summed E-state index contributed by atoms with van der Waals surface area (Å²) >= 11 is 0. The van der Waals surface area contributed by atoms with Gasteiger partial charge in [-0.3, -0.25) is 9.78 Å². The molecule has 0 saturated carbocycles. The third kappa shape index (κ3) is 5.35. The molecule has 0 aliphatic rings. The number of nitrogens with one attached hydrogen (secondary N) is 2. The topological polar surface area (TPSA) is 92.3 Å². The number of H-pyrrole nitrogens is 1. The molecular formula is C15H19N5O2. The van der Waals surface area contributed by atoms with Gasteiger partial charge >= 0.3 is 0 Å². The average molecular weight is 301 g/mol. The maximum atomic E-state index is 11.0. The number of unbranched alkanes of at least 4 members (excludes halogenated alkanes) is 2. The van der Waals surface area contributed by atoms with Crippen molar-refractivity contribution < 1.29 is 4.74 Å². The maximum absolute atomic E-state index is 11.0. The zero-order chi connectivity index (χ0) is 15.6. The summed E-state index contributed by atoms with van der Waals surface area (Å²) in [5.41, 5.74) is 3.17. The molecule has 0 aliphatic carbocycles. The second kappa shape index (κ2) is 8.56. The highest BCUT2D eigenvalue weighted by Gasteiger charge is 1.95. The van der Waals surface area contributed by atoms with E-state index < -0.39 is 0 Å². The Hall–Kier alpha value is -2.70. The summed E-state index contributed by atoms with van der Waals surface area (Å²) in [4.78, 5) is 13.5. The number of hydrazone groups is 1. The Morgan fingerprint density at radius 1 is 1.32 bits per heavy atom. The molecule has 2 rings (SSSR count). The molecule has 0 atom stereocenters. The summed E-state index contributed by atoms with van der Waals surface area (Å²) in [5.74, 6) is 1.04. The Bertz CT molecular complexity index is 651.